The highest BCUT2D eigenvalue weighted by atomic mass is 16.6. The molecule has 0 radical (unpaired) electrons. The van der Waals surface area contributed by atoms with Crippen LogP contribution in [0.25, 0.3) is 0 Å². The summed E-state index contributed by atoms with van der Waals surface area (Å²) < 4.78 is 0. The molecule has 106 valence electrons. The van der Waals surface area contributed by atoms with E-state index in [2.05, 4.69) is 26.0 Å². The number of rotatable bonds is 4. The predicted molar refractivity (Wildman–Crippen MR) is 66.3 cm³/mol. The number of nitrogens with zero attached hydrogens (tertiary/aromatic N) is 3. The Morgan fingerprint density at radius 3 is 2.85 bits per heavy atom. The summed E-state index contributed by atoms with van der Waals surface area (Å²) in [6.45, 7) is 0. The maximum Gasteiger partial charge on any atom is 0.329 e. The summed E-state index contributed by atoms with van der Waals surface area (Å²) in [7, 11) is 0. The summed E-state index contributed by atoms with van der Waals surface area (Å²) in [5.41, 5.74) is 1.75. The van der Waals surface area contributed by atoms with Crippen LogP contribution >= 0.6 is 0 Å². The standard InChI is InChI=1S/C9H11N7O4/c10-15-9-11-3-5(16(19)20)7(14-9)12-4-1-2-6(17)13-8(4)18/h3-4H,1-2,10H2,(H,13,17,18)(H2,11,12,14,15). The molecule has 20 heavy (non-hydrogen) atoms. The van der Waals surface area contributed by atoms with E-state index >= 15 is 0 Å². The number of hydrogen-bond donors (Lipinski definition) is 4. The van der Waals surface area contributed by atoms with E-state index in [1.165, 1.54) is 0 Å². The Bertz CT molecular complexity index is 575. The predicted octanol–water partition coefficient (Wildman–Crippen LogP) is -1.11. The third kappa shape index (κ3) is 2.77. The number of hydrogen-bond acceptors (Lipinski definition) is 9. The number of hydrazine groups is 1. The van der Waals surface area contributed by atoms with Gasteiger partial charge in [0, 0.05) is 6.42 Å². The maximum atomic E-state index is 11.6. The molecule has 0 bridgehead atoms. The lowest BCUT2D eigenvalue weighted by molar-refractivity contribution is -0.384. The Hall–Kier alpha value is -2.82. The lowest BCUT2D eigenvalue weighted by Crippen LogP contribution is -2.47. The average Bonchev–Trinajstić information content (AvgIpc) is 2.41. The van der Waals surface area contributed by atoms with Crippen molar-refractivity contribution in [1.29, 1.82) is 0 Å². The van der Waals surface area contributed by atoms with Gasteiger partial charge in [0.25, 0.3) is 0 Å². The van der Waals surface area contributed by atoms with Crippen LogP contribution in [0.15, 0.2) is 6.20 Å². The van der Waals surface area contributed by atoms with Gasteiger partial charge in [0.05, 0.1) is 4.92 Å². The number of anilines is 2. The molecule has 0 spiro atoms. The Labute approximate surface area is 112 Å². The molecule has 2 heterocycles. The lowest BCUT2D eigenvalue weighted by Gasteiger charge is -2.22. The summed E-state index contributed by atoms with van der Waals surface area (Å²) in [6, 6.07) is -0.785. The molecule has 1 saturated heterocycles. The van der Waals surface area contributed by atoms with Gasteiger partial charge in [0.2, 0.25) is 23.6 Å². The summed E-state index contributed by atoms with van der Waals surface area (Å²) in [4.78, 5) is 40.2. The van der Waals surface area contributed by atoms with Crippen molar-refractivity contribution in [1.82, 2.24) is 15.3 Å². The molecular weight excluding hydrogens is 270 g/mol. The third-order valence-electron chi connectivity index (χ3n) is 2.65. The molecule has 1 unspecified atom stereocenters. The number of carbonyl (C=O) groups is 2. The van der Waals surface area contributed by atoms with E-state index in [-0.39, 0.29) is 30.5 Å². The van der Waals surface area contributed by atoms with Gasteiger partial charge >= 0.3 is 5.69 Å². The van der Waals surface area contributed by atoms with Crippen molar-refractivity contribution in [2.75, 3.05) is 10.7 Å². The highest BCUT2D eigenvalue weighted by molar-refractivity contribution is 6.01. The quantitative estimate of drug-likeness (QED) is 0.231. The van der Waals surface area contributed by atoms with Crippen LogP contribution in [-0.4, -0.2) is 32.7 Å². The van der Waals surface area contributed by atoms with Crippen molar-refractivity contribution in [2.45, 2.75) is 18.9 Å². The second-order valence-electron chi connectivity index (χ2n) is 3.98. The average molecular weight is 281 g/mol. The Balaban J connectivity index is 2.25. The highest BCUT2D eigenvalue weighted by Gasteiger charge is 2.29. The molecule has 1 atom stereocenters. The number of carbonyl (C=O) groups excluding carboxylic acids is 2. The zero-order chi connectivity index (χ0) is 14.7. The molecule has 11 nitrogen and oxygen atoms in total. The van der Waals surface area contributed by atoms with Gasteiger partial charge in [-0.05, 0) is 6.42 Å². The Morgan fingerprint density at radius 1 is 1.50 bits per heavy atom. The van der Waals surface area contributed by atoms with Crippen molar-refractivity contribution >= 4 is 29.3 Å². The number of imide groups is 1. The van der Waals surface area contributed by atoms with Crippen LogP contribution in [0.5, 0.6) is 0 Å². The van der Waals surface area contributed by atoms with Crippen LogP contribution in [0.3, 0.4) is 0 Å². The second kappa shape index (κ2) is 5.44. The van der Waals surface area contributed by atoms with Crippen molar-refractivity contribution < 1.29 is 14.5 Å². The van der Waals surface area contributed by atoms with E-state index in [9.17, 15) is 19.7 Å². The normalized spacial score (nSPS) is 18.4. The third-order valence-corrected chi connectivity index (χ3v) is 2.65. The van der Waals surface area contributed by atoms with Crippen molar-refractivity contribution in [2.24, 2.45) is 5.84 Å². The van der Waals surface area contributed by atoms with Gasteiger partial charge in [-0.3, -0.25) is 30.4 Å². The van der Waals surface area contributed by atoms with Gasteiger partial charge in [0.15, 0.2) is 0 Å². The number of nitrogens with one attached hydrogen (secondary N) is 3. The molecule has 1 aliphatic rings. The maximum absolute atomic E-state index is 11.6. The van der Waals surface area contributed by atoms with E-state index in [4.69, 9.17) is 5.84 Å². The van der Waals surface area contributed by atoms with Crippen LogP contribution in [0, 0.1) is 10.1 Å². The molecule has 11 heteroatoms. The molecule has 2 rings (SSSR count). The van der Waals surface area contributed by atoms with Gasteiger partial charge in [-0.15, -0.1) is 0 Å². The van der Waals surface area contributed by atoms with E-state index < -0.39 is 22.6 Å². The van der Waals surface area contributed by atoms with Crippen molar-refractivity contribution in [3.63, 3.8) is 0 Å². The first-order chi connectivity index (χ1) is 9.51. The van der Waals surface area contributed by atoms with Crippen molar-refractivity contribution in [3.8, 4) is 0 Å². The molecule has 1 aromatic heterocycles. The molecular formula is C9H11N7O4. The summed E-state index contributed by atoms with van der Waals surface area (Å²) in [5.74, 6) is 4.01. The first-order valence-corrected chi connectivity index (χ1v) is 5.59. The fourth-order valence-corrected chi connectivity index (χ4v) is 1.68. The van der Waals surface area contributed by atoms with Crippen LogP contribution in [-0.2, 0) is 9.59 Å². The van der Waals surface area contributed by atoms with Crippen LogP contribution in [0.4, 0.5) is 17.5 Å². The second-order valence-corrected chi connectivity index (χ2v) is 3.98. The fourth-order valence-electron chi connectivity index (χ4n) is 1.68. The summed E-state index contributed by atoms with van der Waals surface area (Å²) in [6.07, 6.45) is 1.33. The lowest BCUT2D eigenvalue weighted by atomic mass is 10.1. The van der Waals surface area contributed by atoms with E-state index in [0.717, 1.165) is 6.20 Å². The van der Waals surface area contributed by atoms with Gasteiger partial charge in [-0.25, -0.2) is 10.8 Å². The van der Waals surface area contributed by atoms with Crippen molar-refractivity contribution in [3.05, 3.63) is 16.3 Å². The van der Waals surface area contributed by atoms with Gasteiger partial charge in [0.1, 0.15) is 12.2 Å². The number of amides is 2. The highest BCUT2D eigenvalue weighted by Crippen LogP contribution is 2.23. The first-order valence-electron chi connectivity index (χ1n) is 5.59. The van der Waals surface area contributed by atoms with Crippen LogP contribution in [0.2, 0.25) is 0 Å². The van der Waals surface area contributed by atoms with Gasteiger partial charge < -0.3 is 5.32 Å². The zero-order valence-corrected chi connectivity index (χ0v) is 10.1. The van der Waals surface area contributed by atoms with E-state index in [1.54, 1.807) is 0 Å². The van der Waals surface area contributed by atoms with Gasteiger partial charge in [-0.1, -0.05) is 0 Å². The van der Waals surface area contributed by atoms with E-state index in [0.29, 0.717) is 0 Å². The molecule has 0 aromatic carbocycles. The number of nitrogen functional groups attached to an aromatic ring is 1. The molecule has 2 amide bonds. The number of aromatic nitrogens is 2. The number of nitro groups is 1. The summed E-state index contributed by atoms with van der Waals surface area (Å²) >= 11 is 0. The Kier molecular flexibility index (Phi) is 3.70. The minimum absolute atomic E-state index is 0.0367. The zero-order valence-electron chi connectivity index (χ0n) is 10.1. The smallest absolute Gasteiger partial charge is 0.329 e. The number of piperidine rings is 1. The molecule has 1 aromatic rings. The molecule has 5 N–H and O–H groups in total. The fraction of sp³-hybridized carbons (Fsp3) is 0.333. The molecule has 1 aliphatic heterocycles. The largest absolute Gasteiger partial charge is 0.352 e. The minimum atomic E-state index is -0.785. The topological polar surface area (TPSA) is 165 Å². The molecule has 0 saturated carbocycles. The Morgan fingerprint density at radius 2 is 2.25 bits per heavy atom. The SMILES string of the molecule is NNc1ncc([N+](=O)[O-])c(NC2CCC(=O)NC2=O)n1. The molecule has 0 aliphatic carbocycles. The van der Waals surface area contributed by atoms with Crippen LogP contribution in [0.1, 0.15) is 12.8 Å². The van der Waals surface area contributed by atoms with Gasteiger partial charge in [-0.2, -0.15) is 4.98 Å². The summed E-state index contributed by atoms with van der Waals surface area (Å²) in [5, 5.41) is 15.6. The van der Waals surface area contributed by atoms with Crippen LogP contribution < -0.4 is 21.9 Å². The first kappa shape index (κ1) is 13.6. The monoisotopic (exact) mass is 281 g/mol. The molecule has 1 fully saturated rings. The number of nitrogens with two attached hydrogens (primary N) is 1. The van der Waals surface area contributed by atoms with E-state index in [1.807, 2.05) is 0 Å². The minimum Gasteiger partial charge on any atom is -0.352 e.